The van der Waals surface area contributed by atoms with Gasteiger partial charge in [0, 0.05) is 13.1 Å². The number of oxazole rings is 1. The molecule has 4 nitrogen and oxygen atoms in total. The molecule has 0 aliphatic heterocycles. The Morgan fingerprint density at radius 2 is 2.12 bits per heavy atom. The normalized spacial score (nSPS) is 11.2. The van der Waals surface area contributed by atoms with E-state index in [0.29, 0.717) is 6.01 Å². The first-order valence-corrected chi connectivity index (χ1v) is 6.07. The van der Waals surface area contributed by atoms with Crippen LogP contribution in [0.1, 0.15) is 13.3 Å². The van der Waals surface area contributed by atoms with Crippen molar-refractivity contribution in [3.63, 3.8) is 0 Å². The summed E-state index contributed by atoms with van der Waals surface area (Å²) in [5.41, 5.74) is 1.73. The van der Waals surface area contributed by atoms with Crippen LogP contribution in [-0.2, 0) is 0 Å². The second-order valence-corrected chi connectivity index (χ2v) is 4.22. The molecule has 0 unspecified atom stereocenters. The number of fused-ring (bicyclic) bond motifs is 1. The Balaban J connectivity index is 1.86. The maximum Gasteiger partial charge on any atom is 0.295 e. The zero-order valence-electron chi connectivity index (χ0n) is 10.4. The summed E-state index contributed by atoms with van der Waals surface area (Å²) in [6.07, 6.45) is 1.18. The van der Waals surface area contributed by atoms with Gasteiger partial charge in [0.05, 0.1) is 0 Å². The molecule has 0 saturated heterocycles. The summed E-state index contributed by atoms with van der Waals surface area (Å²) in [6, 6.07) is 8.40. The highest BCUT2D eigenvalue weighted by Crippen LogP contribution is 2.17. The maximum atomic E-state index is 5.57. The Kier molecular flexibility index (Phi) is 3.98. The fourth-order valence-corrected chi connectivity index (χ4v) is 1.80. The third-order valence-electron chi connectivity index (χ3n) is 2.67. The van der Waals surface area contributed by atoms with Crippen molar-refractivity contribution in [1.29, 1.82) is 0 Å². The number of aromatic nitrogens is 1. The number of para-hydroxylation sites is 2. The summed E-state index contributed by atoms with van der Waals surface area (Å²) in [5, 5.41) is 3.20. The van der Waals surface area contributed by atoms with Crippen LogP contribution in [0.5, 0.6) is 0 Å². The van der Waals surface area contributed by atoms with Crippen molar-refractivity contribution in [2.75, 3.05) is 32.0 Å². The molecule has 1 aromatic heterocycles. The fourth-order valence-electron chi connectivity index (χ4n) is 1.80. The van der Waals surface area contributed by atoms with Crippen molar-refractivity contribution in [2.45, 2.75) is 13.3 Å². The summed E-state index contributed by atoms with van der Waals surface area (Å²) < 4.78 is 5.57. The van der Waals surface area contributed by atoms with Crippen LogP contribution < -0.4 is 5.32 Å². The maximum absolute atomic E-state index is 5.57. The SMILES string of the molecule is CCCN(C)CCNc1nc2ccccc2o1. The van der Waals surface area contributed by atoms with E-state index in [9.17, 15) is 0 Å². The first kappa shape index (κ1) is 11.9. The summed E-state index contributed by atoms with van der Waals surface area (Å²) >= 11 is 0. The minimum Gasteiger partial charge on any atom is -0.424 e. The molecular weight excluding hydrogens is 214 g/mol. The Morgan fingerprint density at radius 3 is 2.88 bits per heavy atom. The monoisotopic (exact) mass is 233 g/mol. The molecule has 0 saturated carbocycles. The van der Waals surface area contributed by atoms with Crippen LogP contribution in [0.3, 0.4) is 0 Å². The molecule has 4 heteroatoms. The molecule has 2 rings (SSSR count). The van der Waals surface area contributed by atoms with Crippen LogP contribution in [0.15, 0.2) is 28.7 Å². The molecule has 0 atom stereocenters. The summed E-state index contributed by atoms with van der Waals surface area (Å²) in [7, 11) is 2.12. The summed E-state index contributed by atoms with van der Waals surface area (Å²) in [5.74, 6) is 0. The van der Waals surface area contributed by atoms with Crippen molar-refractivity contribution in [3.05, 3.63) is 24.3 Å². The predicted molar refractivity (Wildman–Crippen MR) is 70.3 cm³/mol. The molecule has 0 spiro atoms. The lowest BCUT2D eigenvalue weighted by molar-refractivity contribution is 0.347. The van der Waals surface area contributed by atoms with E-state index in [1.165, 1.54) is 6.42 Å². The topological polar surface area (TPSA) is 41.3 Å². The molecule has 92 valence electrons. The molecule has 1 N–H and O–H groups in total. The van der Waals surface area contributed by atoms with Crippen LogP contribution in [0.4, 0.5) is 6.01 Å². The number of nitrogens with zero attached hydrogens (tertiary/aromatic N) is 2. The molecule has 0 bridgehead atoms. The average molecular weight is 233 g/mol. The zero-order chi connectivity index (χ0) is 12.1. The van der Waals surface area contributed by atoms with E-state index in [0.717, 1.165) is 30.7 Å². The van der Waals surface area contributed by atoms with Crippen LogP contribution in [0.2, 0.25) is 0 Å². The predicted octanol–water partition coefficient (Wildman–Crippen LogP) is 2.58. The second-order valence-electron chi connectivity index (χ2n) is 4.22. The first-order chi connectivity index (χ1) is 8.29. The highest BCUT2D eigenvalue weighted by atomic mass is 16.4. The molecule has 1 heterocycles. The lowest BCUT2D eigenvalue weighted by atomic mass is 10.3. The van der Waals surface area contributed by atoms with Crippen LogP contribution in [-0.4, -0.2) is 36.6 Å². The largest absolute Gasteiger partial charge is 0.424 e. The van der Waals surface area contributed by atoms with Gasteiger partial charge in [-0.2, -0.15) is 4.98 Å². The van der Waals surface area contributed by atoms with Crippen LogP contribution >= 0.6 is 0 Å². The fraction of sp³-hybridized carbons (Fsp3) is 0.462. The zero-order valence-corrected chi connectivity index (χ0v) is 10.4. The minimum absolute atomic E-state index is 0.607. The van der Waals surface area contributed by atoms with E-state index >= 15 is 0 Å². The van der Waals surface area contributed by atoms with Gasteiger partial charge in [-0.1, -0.05) is 19.1 Å². The lowest BCUT2D eigenvalue weighted by Gasteiger charge is -2.14. The highest BCUT2D eigenvalue weighted by molar-refractivity contribution is 5.74. The van der Waals surface area contributed by atoms with Crippen molar-refractivity contribution in [1.82, 2.24) is 9.88 Å². The first-order valence-electron chi connectivity index (χ1n) is 6.07. The van der Waals surface area contributed by atoms with Crippen LogP contribution in [0, 0.1) is 0 Å². The average Bonchev–Trinajstić information content (AvgIpc) is 2.71. The quantitative estimate of drug-likeness (QED) is 0.832. The Labute approximate surface area is 102 Å². The van der Waals surface area contributed by atoms with E-state index in [-0.39, 0.29) is 0 Å². The van der Waals surface area contributed by atoms with Gasteiger partial charge >= 0.3 is 0 Å². The Morgan fingerprint density at radius 1 is 1.29 bits per heavy atom. The van der Waals surface area contributed by atoms with Crippen molar-refractivity contribution in [2.24, 2.45) is 0 Å². The van der Waals surface area contributed by atoms with E-state index in [1.54, 1.807) is 0 Å². The van der Waals surface area contributed by atoms with Crippen molar-refractivity contribution in [3.8, 4) is 0 Å². The van der Waals surface area contributed by atoms with E-state index in [4.69, 9.17) is 4.42 Å². The number of benzene rings is 1. The molecule has 0 aliphatic carbocycles. The summed E-state index contributed by atoms with van der Waals surface area (Å²) in [4.78, 5) is 6.65. The number of hydrogen-bond acceptors (Lipinski definition) is 4. The van der Waals surface area contributed by atoms with Gasteiger partial charge in [-0.15, -0.1) is 0 Å². The highest BCUT2D eigenvalue weighted by Gasteiger charge is 2.04. The molecule has 17 heavy (non-hydrogen) atoms. The van der Waals surface area contributed by atoms with Gasteiger partial charge in [-0.05, 0) is 32.1 Å². The van der Waals surface area contributed by atoms with Crippen molar-refractivity contribution >= 4 is 17.1 Å². The number of anilines is 1. The molecule has 0 fully saturated rings. The van der Waals surface area contributed by atoms with Gasteiger partial charge < -0.3 is 14.6 Å². The molecule has 0 amide bonds. The third-order valence-corrected chi connectivity index (χ3v) is 2.67. The smallest absolute Gasteiger partial charge is 0.295 e. The Bertz CT molecular complexity index is 433. The van der Waals surface area contributed by atoms with Gasteiger partial charge in [0.15, 0.2) is 5.58 Å². The molecule has 1 aromatic carbocycles. The van der Waals surface area contributed by atoms with E-state index in [1.807, 2.05) is 24.3 Å². The van der Waals surface area contributed by atoms with Crippen LogP contribution in [0.25, 0.3) is 11.1 Å². The van der Waals surface area contributed by atoms with Gasteiger partial charge in [-0.3, -0.25) is 0 Å². The molecule has 2 aromatic rings. The van der Waals surface area contributed by atoms with Gasteiger partial charge in [0.25, 0.3) is 6.01 Å². The number of nitrogens with one attached hydrogen (secondary N) is 1. The Hall–Kier alpha value is -1.55. The minimum atomic E-state index is 0.607. The third kappa shape index (κ3) is 3.20. The standard InChI is InChI=1S/C13H19N3O/c1-3-9-16(2)10-8-14-13-15-11-6-4-5-7-12(11)17-13/h4-7H,3,8-10H2,1-2H3,(H,14,15). The van der Waals surface area contributed by atoms with E-state index < -0.39 is 0 Å². The van der Waals surface area contributed by atoms with Gasteiger partial charge in [-0.25, -0.2) is 0 Å². The molecular formula is C13H19N3O. The summed E-state index contributed by atoms with van der Waals surface area (Å²) in [6.45, 7) is 5.15. The number of rotatable bonds is 6. The second kappa shape index (κ2) is 5.68. The number of likely N-dealkylation sites (N-methyl/N-ethyl adjacent to an activating group) is 1. The van der Waals surface area contributed by atoms with E-state index in [2.05, 4.69) is 29.2 Å². The molecule has 0 aliphatic rings. The van der Waals surface area contributed by atoms with Gasteiger partial charge in [0.2, 0.25) is 0 Å². The number of hydrogen-bond donors (Lipinski definition) is 1. The van der Waals surface area contributed by atoms with Gasteiger partial charge in [0.1, 0.15) is 5.52 Å². The van der Waals surface area contributed by atoms with Crippen molar-refractivity contribution < 1.29 is 4.42 Å². The molecule has 0 radical (unpaired) electrons. The lowest BCUT2D eigenvalue weighted by Crippen LogP contribution is -2.25.